The van der Waals surface area contributed by atoms with Gasteiger partial charge in [0.2, 0.25) is 0 Å². The predicted octanol–water partition coefficient (Wildman–Crippen LogP) is 3.21. The molecule has 0 amide bonds. The van der Waals surface area contributed by atoms with E-state index in [1.807, 2.05) is 67.1 Å². The summed E-state index contributed by atoms with van der Waals surface area (Å²) in [5.41, 5.74) is 1.02. The summed E-state index contributed by atoms with van der Waals surface area (Å²) >= 11 is 0. The van der Waals surface area contributed by atoms with Crippen LogP contribution in [0.5, 0.6) is 0 Å². The first-order chi connectivity index (χ1) is 15.9. The summed E-state index contributed by atoms with van der Waals surface area (Å²) in [4.78, 5) is 6.92. The van der Waals surface area contributed by atoms with Crippen LogP contribution >= 0.6 is 24.0 Å². The highest BCUT2D eigenvalue weighted by Crippen LogP contribution is 2.18. The number of nitrogens with zero attached hydrogens (tertiary/aromatic N) is 5. The summed E-state index contributed by atoms with van der Waals surface area (Å²) < 4.78 is 1.93. The summed E-state index contributed by atoms with van der Waals surface area (Å²) in [7, 11) is 4.02. The first kappa shape index (κ1) is 27.6. The van der Waals surface area contributed by atoms with Crippen LogP contribution in [-0.4, -0.2) is 52.5 Å². The predicted molar refractivity (Wildman–Crippen MR) is 149 cm³/mol. The van der Waals surface area contributed by atoms with Crippen molar-refractivity contribution in [2.45, 2.75) is 32.4 Å². The smallest absolute Gasteiger partial charge is 0.191 e. The molecule has 0 radical (unpaired) electrons. The molecule has 0 saturated heterocycles. The zero-order valence-electron chi connectivity index (χ0n) is 20.4. The molecular formula is C25H36IN7O. The lowest BCUT2D eigenvalue weighted by Gasteiger charge is -2.25. The second kappa shape index (κ2) is 13.3. The van der Waals surface area contributed by atoms with E-state index >= 15 is 0 Å². The average Bonchev–Trinajstić information content (AvgIpc) is 3.16. The van der Waals surface area contributed by atoms with E-state index in [0.717, 1.165) is 36.7 Å². The number of anilines is 1. The van der Waals surface area contributed by atoms with Crippen molar-refractivity contribution in [2.24, 2.45) is 12.0 Å². The van der Waals surface area contributed by atoms with Gasteiger partial charge in [-0.15, -0.1) is 34.2 Å². The van der Waals surface area contributed by atoms with Crippen LogP contribution < -0.4 is 15.5 Å². The number of aliphatic hydroxyl groups is 1. The van der Waals surface area contributed by atoms with Crippen LogP contribution in [0.4, 0.5) is 5.69 Å². The lowest BCUT2D eigenvalue weighted by Crippen LogP contribution is -2.45. The third-order valence-corrected chi connectivity index (χ3v) is 5.72. The molecule has 9 heteroatoms. The van der Waals surface area contributed by atoms with Gasteiger partial charge in [0.05, 0.1) is 6.54 Å². The number of aromatic nitrogens is 3. The second-order valence-corrected chi connectivity index (χ2v) is 8.42. The highest BCUT2D eigenvalue weighted by Gasteiger charge is 2.23. The number of nitrogens with one attached hydrogen (secondary N) is 2. The first-order valence-corrected chi connectivity index (χ1v) is 11.3. The molecule has 8 nitrogen and oxygen atoms in total. The van der Waals surface area contributed by atoms with Gasteiger partial charge in [0, 0.05) is 32.9 Å². The standard InChI is InChI=1S/C25H35N7O.HI/c1-20-29-30-23(32(20)4)18-27-24(28-19-25(2,33)21-12-7-5-8-13-21)26-16-11-17-31(3)22-14-9-6-10-15-22;/h5-10,12-15,33H,11,16-19H2,1-4H3,(H2,26,27,28);1H. The number of halogens is 1. The van der Waals surface area contributed by atoms with Gasteiger partial charge < -0.3 is 25.2 Å². The average molecular weight is 578 g/mol. The van der Waals surface area contributed by atoms with Crippen molar-refractivity contribution in [3.63, 3.8) is 0 Å². The SMILES string of the molecule is Cc1nnc(CN=C(NCCCN(C)c2ccccc2)NCC(C)(O)c2ccccc2)n1C.I. The Kier molecular flexibility index (Phi) is 10.8. The number of hydrogen-bond donors (Lipinski definition) is 3. The maximum absolute atomic E-state index is 11.0. The minimum Gasteiger partial charge on any atom is -0.384 e. The first-order valence-electron chi connectivity index (χ1n) is 11.3. The Morgan fingerprint density at radius 2 is 1.71 bits per heavy atom. The number of para-hydroxylation sites is 1. The maximum Gasteiger partial charge on any atom is 0.191 e. The quantitative estimate of drug-likeness (QED) is 0.149. The van der Waals surface area contributed by atoms with Gasteiger partial charge >= 0.3 is 0 Å². The fraction of sp³-hybridized carbons (Fsp3) is 0.400. The van der Waals surface area contributed by atoms with Gasteiger partial charge in [-0.05, 0) is 38.0 Å². The summed E-state index contributed by atoms with van der Waals surface area (Å²) in [6.07, 6.45) is 0.935. The van der Waals surface area contributed by atoms with E-state index in [4.69, 9.17) is 0 Å². The molecule has 34 heavy (non-hydrogen) atoms. The minimum absolute atomic E-state index is 0. The van der Waals surface area contributed by atoms with Gasteiger partial charge in [-0.1, -0.05) is 48.5 Å². The molecule has 0 fully saturated rings. The van der Waals surface area contributed by atoms with Crippen LogP contribution in [0.3, 0.4) is 0 Å². The fourth-order valence-corrected chi connectivity index (χ4v) is 3.40. The summed E-state index contributed by atoms with van der Waals surface area (Å²) in [5, 5.41) is 25.9. The van der Waals surface area contributed by atoms with Crippen LogP contribution in [0, 0.1) is 6.92 Å². The summed E-state index contributed by atoms with van der Waals surface area (Å²) in [6.45, 7) is 6.09. The van der Waals surface area contributed by atoms with Crippen molar-refractivity contribution in [1.29, 1.82) is 0 Å². The Bertz CT molecular complexity index is 1020. The van der Waals surface area contributed by atoms with E-state index in [2.05, 4.69) is 49.9 Å². The van der Waals surface area contributed by atoms with Gasteiger partial charge in [-0.2, -0.15) is 0 Å². The van der Waals surface area contributed by atoms with Crippen LogP contribution in [0.25, 0.3) is 0 Å². The summed E-state index contributed by atoms with van der Waals surface area (Å²) in [5.74, 6) is 2.26. The topological polar surface area (TPSA) is 90.6 Å². The van der Waals surface area contributed by atoms with E-state index in [-0.39, 0.29) is 24.0 Å². The molecule has 3 N–H and O–H groups in total. The molecule has 0 spiro atoms. The number of aliphatic imine (C=N–C) groups is 1. The van der Waals surface area contributed by atoms with Crippen LogP contribution in [0.1, 0.15) is 30.6 Å². The molecule has 1 heterocycles. The van der Waals surface area contributed by atoms with E-state index in [1.165, 1.54) is 5.69 Å². The molecule has 0 saturated carbocycles. The molecule has 2 aromatic carbocycles. The van der Waals surface area contributed by atoms with E-state index in [0.29, 0.717) is 19.0 Å². The molecule has 3 rings (SSSR count). The van der Waals surface area contributed by atoms with Crippen molar-refractivity contribution in [3.05, 3.63) is 77.9 Å². The number of guanidine groups is 1. The fourth-order valence-electron chi connectivity index (χ4n) is 3.40. The van der Waals surface area contributed by atoms with Crippen LogP contribution in [0.2, 0.25) is 0 Å². The van der Waals surface area contributed by atoms with Gasteiger partial charge in [0.1, 0.15) is 18.0 Å². The van der Waals surface area contributed by atoms with Gasteiger partial charge in [-0.3, -0.25) is 0 Å². The van der Waals surface area contributed by atoms with Crippen molar-refractivity contribution in [2.75, 3.05) is 31.6 Å². The van der Waals surface area contributed by atoms with Crippen molar-refractivity contribution in [1.82, 2.24) is 25.4 Å². The molecule has 184 valence electrons. The number of rotatable bonds is 10. The Morgan fingerprint density at radius 3 is 2.32 bits per heavy atom. The maximum atomic E-state index is 11.0. The molecule has 3 aromatic rings. The van der Waals surface area contributed by atoms with Crippen molar-refractivity contribution in [3.8, 4) is 0 Å². The molecular weight excluding hydrogens is 541 g/mol. The number of benzene rings is 2. The minimum atomic E-state index is -1.03. The molecule has 1 aromatic heterocycles. The second-order valence-electron chi connectivity index (χ2n) is 8.42. The normalized spacial score (nSPS) is 13.0. The van der Waals surface area contributed by atoms with Crippen molar-refractivity contribution < 1.29 is 5.11 Å². The Hall–Kier alpha value is -2.66. The van der Waals surface area contributed by atoms with Crippen LogP contribution in [-0.2, 0) is 19.2 Å². The molecule has 0 aliphatic carbocycles. The Balaban J connectivity index is 0.00000408. The van der Waals surface area contributed by atoms with Gasteiger partial charge in [0.15, 0.2) is 11.8 Å². The number of aryl methyl sites for hydroxylation is 1. The van der Waals surface area contributed by atoms with Gasteiger partial charge in [0.25, 0.3) is 0 Å². The van der Waals surface area contributed by atoms with E-state index in [1.54, 1.807) is 6.92 Å². The van der Waals surface area contributed by atoms with Crippen LogP contribution in [0.15, 0.2) is 65.7 Å². The third kappa shape index (κ3) is 7.98. The van der Waals surface area contributed by atoms with E-state index in [9.17, 15) is 5.11 Å². The Morgan fingerprint density at radius 1 is 1.06 bits per heavy atom. The summed E-state index contributed by atoms with van der Waals surface area (Å²) in [6, 6.07) is 20.0. The van der Waals surface area contributed by atoms with E-state index < -0.39 is 5.60 Å². The lowest BCUT2D eigenvalue weighted by atomic mass is 9.96. The lowest BCUT2D eigenvalue weighted by molar-refractivity contribution is 0.0617. The molecule has 0 bridgehead atoms. The molecule has 0 aliphatic heterocycles. The zero-order chi connectivity index (χ0) is 23.7. The molecule has 1 unspecified atom stereocenters. The largest absolute Gasteiger partial charge is 0.384 e. The monoisotopic (exact) mass is 577 g/mol. The molecule has 1 atom stereocenters. The molecule has 0 aliphatic rings. The Labute approximate surface area is 219 Å². The van der Waals surface area contributed by atoms with Gasteiger partial charge in [-0.25, -0.2) is 4.99 Å². The third-order valence-electron chi connectivity index (χ3n) is 5.72. The zero-order valence-corrected chi connectivity index (χ0v) is 22.7. The highest BCUT2D eigenvalue weighted by atomic mass is 127. The highest BCUT2D eigenvalue weighted by molar-refractivity contribution is 14.0. The van der Waals surface area contributed by atoms with Crippen molar-refractivity contribution >= 4 is 35.6 Å². The number of hydrogen-bond acceptors (Lipinski definition) is 5.